The van der Waals surface area contributed by atoms with E-state index in [0.29, 0.717) is 5.65 Å². The minimum Gasteiger partial charge on any atom is -0.361 e. The van der Waals surface area contributed by atoms with E-state index in [-0.39, 0.29) is 0 Å². The van der Waals surface area contributed by atoms with E-state index in [0.717, 1.165) is 12.0 Å². The highest BCUT2D eigenvalue weighted by Gasteiger charge is 2.14. The van der Waals surface area contributed by atoms with Gasteiger partial charge in [0.05, 0.1) is 0 Å². The number of hydrogen-bond donors (Lipinski definition) is 1. The number of nitrogens with one attached hydrogen (secondary N) is 1. The average Bonchev–Trinajstić information content (AvgIpc) is 3.73. The summed E-state index contributed by atoms with van der Waals surface area (Å²) in [6.07, 6.45) is 6.51. The molecule has 7 rings (SSSR count). The molecule has 0 amide bonds. The van der Waals surface area contributed by atoms with Gasteiger partial charge in [0.25, 0.3) is 6.43 Å². The number of hydrogen-bond acceptors (Lipinski definition) is 2. The van der Waals surface area contributed by atoms with Crippen LogP contribution in [0.1, 0.15) is 45.6 Å². The summed E-state index contributed by atoms with van der Waals surface area (Å²) in [5.74, 6) is -0.422. The molecule has 1 unspecified atom stereocenters. The average molecular weight is 569 g/mol. The summed E-state index contributed by atoms with van der Waals surface area (Å²) in [7, 11) is 2.79. The molecule has 0 fully saturated rings. The van der Waals surface area contributed by atoms with Crippen LogP contribution in [0.15, 0.2) is 97.3 Å². The monoisotopic (exact) mass is 568 g/mol. The highest BCUT2D eigenvalue weighted by molar-refractivity contribution is 7.27. The topological polar surface area (TPSA) is 46.0 Å². The van der Waals surface area contributed by atoms with Gasteiger partial charge in [-0.2, -0.15) is 0 Å². The van der Waals surface area contributed by atoms with Gasteiger partial charge in [0, 0.05) is 23.3 Å². The van der Waals surface area contributed by atoms with Crippen molar-refractivity contribution in [3.63, 3.8) is 0 Å². The Bertz CT molecular complexity index is 1750. The van der Waals surface area contributed by atoms with Crippen molar-refractivity contribution in [3.8, 4) is 0 Å². The molecule has 6 aromatic rings. The summed E-state index contributed by atoms with van der Waals surface area (Å²) < 4.78 is 25.8. The summed E-state index contributed by atoms with van der Waals surface area (Å²) in [6, 6.07) is 26.5. The van der Waals surface area contributed by atoms with E-state index in [2.05, 4.69) is 106 Å². The molecule has 0 saturated carbocycles. The largest absolute Gasteiger partial charge is 0.361 e. The molecule has 4 nitrogen and oxygen atoms in total. The molecular formula is C34H35F2N4P. The number of nitrogens with zero attached hydrogens (tertiary/aromatic N) is 3. The van der Waals surface area contributed by atoms with Gasteiger partial charge >= 0.3 is 0 Å². The number of H-pyrrole nitrogens is 1. The second kappa shape index (κ2) is 14.0. The minimum atomic E-state index is -2.61. The molecule has 0 aliphatic heterocycles. The first kappa shape index (κ1) is 29.8. The number of allylic oxidation sites excluding steroid dienone is 1. The summed E-state index contributed by atoms with van der Waals surface area (Å²) in [4.78, 5) is 6.87. The zero-order valence-corrected chi connectivity index (χ0v) is 24.9. The molecule has 210 valence electrons. The number of aromatic amines is 1. The first-order valence-corrected chi connectivity index (χ1v) is 14.0. The number of benzene rings is 3. The summed E-state index contributed by atoms with van der Waals surface area (Å²) in [5, 5.41) is 6.29. The van der Waals surface area contributed by atoms with Crippen LogP contribution in [0.5, 0.6) is 0 Å². The van der Waals surface area contributed by atoms with Crippen LogP contribution in [0.4, 0.5) is 8.78 Å². The molecule has 3 aromatic carbocycles. The van der Waals surface area contributed by atoms with Gasteiger partial charge in [-0.25, -0.2) is 18.3 Å². The van der Waals surface area contributed by atoms with Gasteiger partial charge in [0.1, 0.15) is 0 Å². The van der Waals surface area contributed by atoms with E-state index in [1.165, 1.54) is 48.5 Å². The molecule has 1 aliphatic rings. The Labute approximate surface area is 242 Å². The van der Waals surface area contributed by atoms with Crippen molar-refractivity contribution < 1.29 is 8.78 Å². The Hall–Kier alpha value is -4.15. The van der Waals surface area contributed by atoms with Gasteiger partial charge in [0.15, 0.2) is 5.65 Å². The standard InChI is InChI=1S/C10H11P.C9H9N.C8H7F2N3.C7H8/c1-7-5-6-10(11)9-4-2-3-8(7)9;1-7-3-2-4-9-8(7)5-6-10-9;1-5-3-2-4-13-8(5)11-7(12-13)6(9)10;1-7-5-3-2-4-6-7/h2-3,5-6H,4,11H2,1H3;2-6,10H,1H3;2-4,6H,1H3;2-6H,1H3. The van der Waals surface area contributed by atoms with Crippen molar-refractivity contribution in [3.05, 3.63) is 137 Å². The molecule has 1 atom stereocenters. The number of fused-ring (bicyclic) bond motifs is 3. The third kappa shape index (κ3) is 7.74. The molecule has 0 bridgehead atoms. The Balaban J connectivity index is 0.000000129. The fourth-order valence-electron chi connectivity index (χ4n) is 4.48. The molecule has 0 saturated heterocycles. The molecule has 41 heavy (non-hydrogen) atoms. The van der Waals surface area contributed by atoms with Gasteiger partial charge in [-0.3, -0.25) is 0 Å². The van der Waals surface area contributed by atoms with Crippen LogP contribution in [-0.4, -0.2) is 19.6 Å². The number of aryl methyl sites for hydroxylation is 4. The minimum absolute atomic E-state index is 0.422. The van der Waals surface area contributed by atoms with Crippen LogP contribution in [-0.2, 0) is 6.42 Å². The van der Waals surface area contributed by atoms with Crippen molar-refractivity contribution in [1.29, 1.82) is 0 Å². The molecule has 7 heteroatoms. The zero-order chi connectivity index (χ0) is 29.4. The maximum atomic E-state index is 12.2. The van der Waals surface area contributed by atoms with Gasteiger partial charge in [-0.15, -0.1) is 14.3 Å². The Morgan fingerprint density at radius 1 is 0.829 bits per heavy atom. The first-order valence-electron chi connectivity index (χ1n) is 13.4. The highest BCUT2D eigenvalue weighted by Crippen LogP contribution is 2.22. The first-order chi connectivity index (χ1) is 19.7. The second-order valence-corrected chi connectivity index (χ2v) is 10.5. The van der Waals surface area contributed by atoms with Gasteiger partial charge < -0.3 is 4.98 Å². The van der Waals surface area contributed by atoms with Gasteiger partial charge in [-0.1, -0.05) is 78.4 Å². The van der Waals surface area contributed by atoms with E-state index in [9.17, 15) is 8.78 Å². The van der Waals surface area contributed by atoms with Crippen molar-refractivity contribution >= 4 is 37.2 Å². The lowest BCUT2D eigenvalue weighted by atomic mass is 10.0. The van der Waals surface area contributed by atoms with E-state index in [1.54, 1.807) is 25.3 Å². The Morgan fingerprint density at radius 2 is 1.59 bits per heavy atom. The highest BCUT2D eigenvalue weighted by atomic mass is 31.0. The summed E-state index contributed by atoms with van der Waals surface area (Å²) in [5.41, 5.74) is 9.49. The number of halogens is 2. The Kier molecular flexibility index (Phi) is 10.2. The molecule has 1 aliphatic carbocycles. The number of alkyl halides is 2. The van der Waals surface area contributed by atoms with Crippen molar-refractivity contribution in [1.82, 2.24) is 19.6 Å². The Morgan fingerprint density at radius 3 is 2.22 bits per heavy atom. The van der Waals surface area contributed by atoms with Crippen molar-refractivity contribution in [2.24, 2.45) is 0 Å². The maximum Gasteiger partial charge on any atom is 0.299 e. The van der Waals surface area contributed by atoms with Crippen LogP contribution in [0.25, 0.3) is 22.6 Å². The summed E-state index contributed by atoms with van der Waals surface area (Å²) >= 11 is 0. The molecule has 3 aromatic heterocycles. The lowest BCUT2D eigenvalue weighted by molar-refractivity contribution is 0.140. The smallest absolute Gasteiger partial charge is 0.299 e. The SMILES string of the molecule is Cc1ccc(P)c2c1C=CC2.Cc1cccc2[nH]ccc12.Cc1ccccc1.Cc1cccn2nc(C(F)F)nc12. The van der Waals surface area contributed by atoms with E-state index >= 15 is 0 Å². The third-order valence-electron chi connectivity index (χ3n) is 6.74. The third-order valence-corrected chi connectivity index (χ3v) is 7.28. The maximum absolute atomic E-state index is 12.2. The van der Waals surface area contributed by atoms with Crippen molar-refractivity contribution in [2.75, 3.05) is 0 Å². The molecule has 0 spiro atoms. The van der Waals surface area contributed by atoms with Crippen LogP contribution in [0, 0.1) is 27.7 Å². The van der Waals surface area contributed by atoms with E-state index in [4.69, 9.17) is 0 Å². The fourth-order valence-corrected chi connectivity index (χ4v) is 4.85. The van der Waals surface area contributed by atoms with Gasteiger partial charge in [-0.05, 0) is 85.4 Å². The van der Waals surface area contributed by atoms with Gasteiger partial charge in [0.2, 0.25) is 5.82 Å². The van der Waals surface area contributed by atoms with Crippen LogP contribution in [0.2, 0.25) is 0 Å². The predicted octanol–water partition coefficient (Wildman–Crippen LogP) is 8.51. The fraction of sp³-hybridized carbons (Fsp3) is 0.176. The molecule has 1 N–H and O–H groups in total. The lowest BCUT2D eigenvalue weighted by Crippen LogP contribution is -2.01. The quantitative estimate of drug-likeness (QED) is 0.202. The predicted molar refractivity (Wildman–Crippen MR) is 170 cm³/mol. The van der Waals surface area contributed by atoms with E-state index in [1.807, 2.05) is 24.4 Å². The normalized spacial score (nSPS) is 11.3. The van der Waals surface area contributed by atoms with Crippen LogP contribution in [0.3, 0.4) is 0 Å². The molecular weight excluding hydrogens is 533 g/mol. The lowest BCUT2D eigenvalue weighted by Gasteiger charge is -2.05. The zero-order valence-electron chi connectivity index (χ0n) is 23.8. The number of aromatic nitrogens is 4. The van der Waals surface area contributed by atoms with Crippen LogP contribution >= 0.6 is 9.24 Å². The summed E-state index contributed by atoms with van der Waals surface area (Å²) in [6.45, 7) is 8.17. The van der Waals surface area contributed by atoms with E-state index < -0.39 is 12.2 Å². The molecule has 3 heterocycles. The van der Waals surface area contributed by atoms with Crippen molar-refractivity contribution in [2.45, 2.75) is 40.5 Å². The second-order valence-electron chi connectivity index (χ2n) is 9.87. The number of rotatable bonds is 1. The van der Waals surface area contributed by atoms with Crippen LogP contribution < -0.4 is 5.30 Å². The number of pyridine rings is 1. The molecule has 0 radical (unpaired) electrons.